The zero-order valence-electron chi connectivity index (χ0n) is 15.1. The third-order valence-corrected chi connectivity index (χ3v) is 4.58. The minimum atomic E-state index is 0.179. The molecule has 9 nitrogen and oxygen atoms in total. The first kappa shape index (κ1) is 17.6. The van der Waals surface area contributed by atoms with Crippen LogP contribution in [0.2, 0.25) is 0 Å². The molecule has 27 heavy (non-hydrogen) atoms. The maximum Gasteiger partial charge on any atom is 0.184 e. The molecule has 0 atom stereocenters. The molecule has 142 valence electrons. The summed E-state index contributed by atoms with van der Waals surface area (Å²) in [5.41, 5.74) is 7.74. The van der Waals surface area contributed by atoms with Gasteiger partial charge in [0.15, 0.2) is 22.8 Å². The molecule has 1 fully saturated rings. The average molecular weight is 369 g/mol. The standard InChI is InChI=1S/C18H23N7O2/c19-6-1-2-7-25-18-15(22-23-25)17(24-8-10-27-11-9-24)20-16(21-18)13-4-3-5-14(26)12-13/h3-5,12,26H,1-2,6-11,19H2. The number of nitrogens with zero attached hydrogens (tertiary/aromatic N) is 6. The van der Waals surface area contributed by atoms with Crippen LogP contribution in [0.4, 0.5) is 5.82 Å². The number of morpholine rings is 1. The van der Waals surface area contributed by atoms with E-state index in [4.69, 9.17) is 20.4 Å². The third-order valence-electron chi connectivity index (χ3n) is 4.58. The second-order valence-corrected chi connectivity index (χ2v) is 6.50. The lowest BCUT2D eigenvalue weighted by atomic mass is 10.2. The number of unbranched alkanes of at least 4 members (excludes halogenated alkanes) is 1. The number of rotatable bonds is 6. The number of hydrogen-bond acceptors (Lipinski definition) is 8. The lowest BCUT2D eigenvalue weighted by Gasteiger charge is -2.28. The van der Waals surface area contributed by atoms with Gasteiger partial charge in [-0.25, -0.2) is 14.6 Å². The predicted octanol–water partition coefficient (Wildman–Crippen LogP) is 1.17. The van der Waals surface area contributed by atoms with E-state index in [0.29, 0.717) is 43.3 Å². The van der Waals surface area contributed by atoms with Crippen LogP contribution in [0.5, 0.6) is 5.75 Å². The van der Waals surface area contributed by atoms with E-state index in [1.165, 1.54) is 0 Å². The van der Waals surface area contributed by atoms with E-state index < -0.39 is 0 Å². The van der Waals surface area contributed by atoms with Crippen LogP contribution in [-0.2, 0) is 11.3 Å². The van der Waals surface area contributed by atoms with Crippen LogP contribution in [0.25, 0.3) is 22.6 Å². The van der Waals surface area contributed by atoms with Crippen LogP contribution >= 0.6 is 0 Å². The zero-order chi connectivity index (χ0) is 18.6. The van der Waals surface area contributed by atoms with Crippen LogP contribution < -0.4 is 10.6 Å². The van der Waals surface area contributed by atoms with Gasteiger partial charge in [0, 0.05) is 25.2 Å². The van der Waals surface area contributed by atoms with Crippen molar-refractivity contribution in [1.82, 2.24) is 25.0 Å². The first-order valence-corrected chi connectivity index (χ1v) is 9.19. The van der Waals surface area contributed by atoms with Crippen LogP contribution in [0, 0.1) is 0 Å². The van der Waals surface area contributed by atoms with Gasteiger partial charge in [-0.1, -0.05) is 17.3 Å². The SMILES string of the molecule is NCCCCn1nnc2c(N3CCOCC3)nc(-c3cccc(O)c3)nc21. The number of hydrogen-bond donors (Lipinski definition) is 2. The average Bonchev–Trinajstić information content (AvgIpc) is 3.11. The summed E-state index contributed by atoms with van der Waals surface area (Å²) in [6.07, 6.45) is 1.83. The second kappa shape index (κ2) is 7.85. The highest BCUT2D eigenvalue weighted by molar-refractivity contribution is 5.85. The van der Waals surface area contributed by atoms with Crippen LogP contribution in [-0.4, -0.2) is 62.9 Å². The van der Waals surface area contributed by atoms with Crippen molar-refractivity contribution >= 4 is 17.0 Å². The van der Waals surface area contributed by atoms with Crippen molar-refractivity contribution in [3.05, 3.63) is 24.3 Å². The molecule has 9 heteroatoms. The molecular formula is C18H23N7O2. The van der Waals surface area contributed by atoms with Gasteiger partial charge in [-0.2, -0.15) is 0 Å². The second-order valence-electron chi connectivity index (χ2n) is 6.50. The maximum atomic E-state index is 9.84. The quantitative estimate of drug-likeness (QED) is 0.622. The van der Waals surface area contributed by atoms with Crippen molar-refractivity contribution in [2.75, 3.05) is 37.7 Å². The molecule has 1 aliphatic rings. The molecular weight excluding hydrogens is 346 g/mol. The van der Waals surface area contributed by atoms with Crippen molar-refractivity contribution in [2.45, 2.75) is 19.4 Å². The van der Waals surface area contributed by atoms with E-state index >= 15 is 0 Å². The smallest absolute Gasteiger partial charge is 0.184 e. The van der Waals surface area contributed by atoms with Gasteiger partial charge in [-0.05, 0) is 31.5 Å². The molecule has 2 aromatic heterocycles. The molecule has 3 N–H and O–H groups in total. The highest BCUT2D eigenvalue weighted by Gasteiger charge is 2.22. The van der Waals surface area contributed by atoms with Gasteiger partial charge in [0.1, 0.15) is 5.75 Å². The van der Waals surface area contributed by atoms with E-state index in [1.807, 2.05) is 10.7 Å². The zero-order valence-corrected chi connectivity index (χ0v) is 15.1. The van der Waals surface area contributed by atoms with Gasteiger partial charge in [-0.15, -0.1) is 5.10 Å². The number of anilines is 1. The molecule has 1 aromatic carbocycles. The number of benzene rings is 1. The number of phenolic OH excluding ortho intramolecular Hbond substituents is 1. The van der Waals surface area contributed by atoms with E-state index in [0.717, 1.165) is 37.3 Å². The topological polar surface area (TPSA) is 115 Å². The highest BCUT2D eigenvalue weighted by Crippen LogP contribution is 2.28. The Kier molecular flexibility index (Phi) is 5.12. The Labute approximate surface area is 156 Å². The van der Waals surface area contributed by atoms with Crippen molar-refractivity contribution in [2.24, 2.45) is 5.73 Å². The fraction of sp³-hybridized carbons (Fsp3) is 0.444. The van der Waals surface area contributed by atoms with Crippen LogP contribution in [0.1, 0.15) is 12.8 Å². The Morgan fingerprint density at radius 3 is 2.78 bits per heavy atom. The van der Waals surface area contributed by atoms with Crippen molar-refractivity contribution < 1.29 is 9.84 Å². The van der Waals surface area contributed by atoms with Crippen LogP contribution in [0.3, 0.4) is 0 Å². The number of aromatic hydroxyl groups is 1. The molecule has 0 aliphatic carbocycles. The molecule has 0 bridgehead atoms. The van der Waals surface area contributed by atoms with Gasteiger partial charge in [0.05, 0.1) is 13.2 Å². The highest BCUT2D eigenvalue weighted by atomic mass is 16.5. The summed E-state index contributed by atoms with van der Waals surface area (Å²) in [6, 6.07) is 6.95. The molecule has 4 rings (SSSR count). The number of nitrogens with two attached hydrogens (primary N) is 1. The van der Waals surface area contributed by atoms with Crippen molar-refractivity contribution in [3.63, 3.8) is 0 Å². The number of ether oxygens (including phenoxy) is 1. The Balaban J connectivity index is 1.81. The third kappa shape index (κ3) is 3.69. The lowest BCUT2D eigenvalue weighted by Crippen LogP contribution is -2.37. The lowest BCUT2D eigenvalue weighted by molar-refractivity contribution is 0.122. The fourth-order valence-corrected chi connectivity index (χ4v) is 3.17. The Morgan fingerprint density at radius 1 is 1.15 bits per heavy atom. The molecule has 1 aliphatic heterocycles. The van der Waals surface area contributed by atoms with Crippen molar-refractivity contribution in [1.29, 1.82) is 0 Å². The maximum absolute atomic E-state index is 9.84. The number of phenols is 1. The minimum Gasteiger partial charge on any atom is -0.508 e. The van der Waals surface area contributed by atoms with Gasteiger partial charge >= 0.3 is 0 Å². The first-order valence-electron chi connectivity index (χ1n) is 9.19. The summed E-state index contributed by atoms with van der Waals surface area (Å²) < 4.78 is 7.27. The van der Waals surface area contributed by atoms with E-state index in [2.05, 4.69) is 15.2 Å². The summed E-state index contributed by atoms with van der Waals surface area (Å²) in [5.74, 6) is 1.48. The van der Waals surface area contributed by atoms with E-state index in [9.17, 15) is 5.11 Å². The van der Waals surface area contributed by atoms with Gasteiger partial charge in [0.25, 0.3) is 0 Å². The molecule has 0 radical (unpaired) electrons. The molecule has 0 saturated carbocycles. The van der Waals surface area contributed by atoms with E-state index in [1.54, 1.807) is 18.2 Å². The Bertz CT molecular complexity index is 921. The molecule has 0 spiro atoms. The fourth-order valence-electron chi connectivity index (χ4n) is 3.17. The van der Waals surface area contributed by atoms with Crippen LogP contribution in [0.15, 0.2) is 24.3 Å². The number of fused-ring (bicyclic) bond motifs is 1. The van der Waals surface area contributed by atoms with Gasteiger partial charge in [0.2, 0.25) is 0 Å². The normalized spacial score (nSPS) is 14.8. The summed E-state index contributed by atoms with van der Waals surface area (Å²) >= 11 is 0. The molecule has 1 saturated heterocycles. The monoisotopic (exact) mass is 369 g/mol. The molecule has 0 unspecified atom stereocenters. The predicted molar refractivity (Wildman–Crippen MR) is 102 cm³/mol. The molecule has 0 amide bonds. The minimum absolute atomic E-state index is 0.179. The molecule has 3 heterocycles. The Hall–Kier alpha value is -2.78. The summed E-state index contributed by atoms with van der Waals surface area (Å²) in [6.45, 7) is 4.13. The Morgan fingerprint density at radius 2 is 2.00 bits per heavy atom. The number of aryl methyl sites for hydroxylation is 1. The van der Waals surface area contributed by atoms with Crippen molar-refractivity contribution in [3.8, 4) is 17.1 Å². The van der Waals surface area contributed by atoms with Gasteiger partial charge < -0.3 is 20.5 Å². The molecule has 3 aromatic rings. The largest absolute Gasteiger partial charge is 0.508 e. The number of aromatic nitrogens is 5. The van der Waals surface area contributed by atoms with E-state index in [-0.39, 0.29) is 5.75 Å². The first-order chi connectivity index (χ1) is 13.3. The summed E-state index contributed by atoms with van der Waals surface area (Å²) in [5, 5.41) is 18.5. The summed E-state index contributed by atoms with van der Waals surface area (Å²) in [7, 11) is 0. The van der Waals surface area contributed by atoms with Gasteiger partial charge in [-0.3, -0.25) is 0 Å². The summed E-state index contributed by atoms with van der Waals surface area (Å²) in [4.78, 5) is 11.6.